The van der Waals surface area contributed by atoms with Crippen molar-refractivity contribution in [1.29, 1.82) is 5.26 Å². The number of carboxylic acid groups (broad SMARTS) is 1. The van der Waals surface area contributed by atoms with Gasteiger partial charge in [-0.3, -0.25) is 0 Å². The lowest BCUT2D eigenvalue weighted by Gasteiger charge is -2.05. The van der Waals surface area contributed by atoms with Crippen LogP contribution in [-0.2, 0) is 0 Å². The van der Waals surface area contributed by atoms with E-state index in [2.05, 4.69) is 6.07 Å². The average molecular weight is 339 g/mol. The highest BCUT2D eigenvalue weighted by atomic mass is 35.5. The van der Waals surface area contributed by atoms with Crippen molar-refractivity contribution < 1.29 is 15.0 Å². The molecule has 2 N–H and O–H groups in total. The smallest absolute Gasteiger partial charge is 0.339 e. The molecule has 3 rings (SSSR count). The van der Waals surface area contributed by atoms with Crippen molar-refractivity contribution in [2.75, 3.05) is 0 Å². The molecule has 3 aromatic rings. The molecule has 6 heteroatoms. The van der Waals surface area contributed by atoms with Gasteiger partial charge in [0.25, 0.3) is 0 Å². The molecule has 0 aliphatic heterocycles. The van der Waals surface area contributed by atoms with E-state index in [1.807, 2.05) is 12.1 Å². The number of halogens is 1. The molecule has 0 amide bonds. The Hall–Kier alpha value is -3.23. The maximum atomic E-state index is 11.0. The number of nitrogens with zero attached hydrogens (tertiary/aromatic N) is 2. The van der Waals surface area contributed by atoms with Crippen LogP contribution in [-0.4, -0.2) is 20.7 Å². The zero-order valence-corrected chi connectivity index (χ0v) is 13.0. The van der Waals surface area contributed by atoms with Crippen LogP contribution in [0.15, 0.2) is 54.9 Å². The molecule has 0 atom stereocenters. The molecule has 0 saturated heterocycles. The molecule has 2 aromatic carbocycles. The minimum Gasteiger partial charge on any atom is -0.507 e. The van der Waals surface area contributed by atoms with Crippen molar-refractivity contribution in [2.24, 2.45) is 0 Å². The van der Waals surface area contributed by atoms with Crippen LogP contribution in [0.4, 0.5) is 0 Å². The van der Waals surface area contributed by atoms with Crippen molar-refractivity contribution in [2.45, 2.75) is 0 Å². The van der Waals surface area contributed by atoms with Gasteiger partial charge in [-0.25, -0.2) is 4.79 Å². The molecule has 0 fully saturated rings. The van der Waals surface area contributed by atoms with Crippen LogP contribution in [0.5, 0.6) is 5.75 Å². The van der Waals surface area contributed by atoms with E-state index in [1.54, 1.807) is 35.2 Å². The van der Waals surface area contributed by atoms with Gasteiger partial charge in [-0.15, -0.1) is 0 Å². The topological polar surface area (TPSA) is 86.2 Å². The third kappa shape index (κ3) is 2.83. The van der Waals surface area contributed by atoms with Crippen LogP contribution in [0.2, 0.25) is 5.02 Å². The van der Waals surface area contributed by atoms with Gasteiger partial charge < -0.3 is 14.8 Å². The third-order valence-electron chi connectivity index (χ3n) is 3.61. The van der Waals surface area contributed by atoms with Gasteiger partial charge >= 0.3 is 5.97 Å². The Morgan fingerprint density at radius 3 is 2.42 bits per heavy atom. The second kappa shape index (κ2) is 6.11. The minimum absolute atomic E-state index is 0.177. The molecule has 118 valence electrons. The number of phenols is 1. The molecule has 0 aliphatic carbocycles. The summed E-state index contributed by atoms with van der Waals surface area (Å²) in [5, 5.41) is 28.7. The first-order chi connectivity index (χ1) is 11.5. The standard InChI is InChI=1S/C18H11ClN2O3/c19-13-3-1-11(2-4-13)16-10-21(9-12(16)8-20)14-5-6-15(18(23)24)17(22)7-14/h1-7,9-10,22H,(H,23,24). The predicted molar refractivity (Wildman–Crippen MR) is 89.6 cm³/mol. The molecule has 1 heterocycles. The number of hydrogen-bond donors (Lipinski definition) is 2. The average Bonchev–Trinajstić information content (AvgIpc) is 2.99. The summed E-state index contributed by atoms with van der Waals surface area (Å²) in [6.07, 6.45) is 3.37. The van der Waals surface area contributed by atoms with E-state index >= 15 is 0 Å². The summed E-state index contributed by atoms with van der Waals surface area (Å²) in [7, 11) is 0. The summed E-state index contributed by atoms with van der Waals surface area (Å²) >= 11 is 5.89. The number of nitriles is 1. The number of rotatable bonds is 3. The molecule has 0 aliphatic rings. The van der Waals surface area contributed by atoms with E-state index in [1.165, 1.54) is 12.1 Å². The second-order valence-electron chi connectivity index (χ2n) is 5.12. The molecule has 0 unspecified atom stereocenters. The number of carboxylic acids is 1. The van der Waals surface area contributed by atoms with Crippen LogP contribution < -0.4 is 0 Å². The fourth-order valence-electron chi connectivity index (χ4n) is 2.41. The van der Waals surface area contributed by atoms with E-state index in [0.29, 0.717) is 16.3 Å². The van der Waals surface area contributed by atoms with E-state index < -0.39 is 5.97 Å². The highest BCUT2D eigenvalue weighted by Crippen LogP contribution is 2.29. The zero-order chi connectivity index (χ0) is 17.3. The summed E-state index contributed by atoms with van der Waals surface area (Å²) in [5.74, 6) is -1.54. The SMILES string of the molecule is N#Cc1cn(-c2ccc(C(=O)O)c(O)c2)cc1-c1ccc(Cl)cc1. The van der Waals surface area contributed by atoms with E-state index in [0.717, 1.165) is 11.1 Å². The number of carbonyl (C=O) groups is 1. The predicted octanol–water partition coefficient (Wildman–Crippen LogP) is 4.07. The van der Waals surface area contributed by atoms with Crippen molar-refractivity contribution >= 4 is 17.6 Å². The number of aromatic hydroxyl groups is 1. The number of aromatic carboxylic acids is 1. The highest BCUT2D eigenvalue weighted by Gasteiger charge is 2.13. The number of hydrogen-bond acceptors (Lipinski definition) is 3. The van der Waals surface area contributed by atoms with Crippen molar-refractivity contribution in [3.05, 3.63) is 71.0 Å². The molecule has 1 aromatic heterocycles. The quantitative estimate of drug-likeness (QED) is 0.753. The van der Waals surface area contributed by atoms with Crippen LogP contribution in [0.25, 0.3) is 16.8 Å². The Labute approximate surface area is 142 Å². The fourth-order valence-corrected chi connectivity index (χ4v) is 2.54. The molecule has 0 saturated carbocycles. The maximum Gasteiger partial charge on any atom is 0.339 e. The maximum absolute atomic E-state index is 11.0. The summed E-state index contributed by atoms with van der Waals surface area (Å²) in [4.78, 5) is 11.0. The first-order valence-electron chi connectivity index (χ1n) is 6.94. The van der Waals surface area contributed by atoms with Gasteiger partial charge in [0.2, 0.25) is 0 Å². The van der Waals surface area contributed by atoms with Crippen molar-refractivity contribution in [1.82, 2.24) is 4.57 Å². The third-order valence-corrected chi connectivity index (χ3v) is 3.86. The minimum atomic E-state index is -1.20. The van der Waals surface area contributed by atoms with E-state index in [-0.39, 0.29) is 11.3 Å². The summed E-state index contributed by atoms with van der Waals surface area (Å²) in [6, 6.07) is 13.5. The molecular weight excluding hydrogens is 328 g/mol. The lowest BCUT2D eigenvalue weighted by molar-refractivity contribution is 0.0694. The van der Waals surface area contributed by atoms with Gasteiger partial charge in [0.1, 0.15) is 17.4 Å². The summed E-state index contributed by atoms with van der Waals surface area (Å²) in [6.45, 7) is 0. The van der Waals surface area contributed by atoms with Gasteiger partial charge in [0.05, 0.1) is 5.56 Å². The summed E-state index contributed by atoms with van der Waals surface area (Å²) in [5.41, 5.74) is 2.38. The highest BCUT2D eigenvalue weighted by molar-refractivity contribution is 6.30. The Morgan fingerprint density at radius 1 is 1.12 bits per heavy atom. The van der Waals surface area contributed by atoms with E-state index in [9.17, 15) is 15.2 Å². The van der Waals surface area contributed by atoms with Gasteiger partial charge in [-0.05, 0) is 29.8 Å². The monoisotopic (exact) mass is 338 g/mol. The zero-order valence-electron chi connectivity index (χ0n) is 12.3. The Kier molecular flexibility index (Phi) is 3.98. The Morgan fingerprint density at radius 2 is 1.83 bits per heavy atom. The molecular formula is C18H11ClN2O3. The molecule has 5 nitrogen and oxygen atoms in total. The number of benzene rings is 2. The van der Waals surface area contributed by atoms with Gasteiger partial charge in [0, 0.05) is 34.7 Å². The second-order valence-corrected chi connectivity index (χ2v) is 5.55. The Balaban J connectivity index is 2.08. The molecule has 0 spiro atoms. The first-order valence-corrected chi connectivity index (χ1v) is 7.32. The van der Waals surface area contributed by atoms with Crippen molar-refractivity contribution in [3.63, 3.8) is 0 Å². The fraction of sp³-hybridized carbons (Fsp3) is 0. The summed E-state index contributed by atoms with van der Waals surface area (Å²) < 4.78 is 1.66. The Bertz CT molecular complexity index is 969. The van der Waals surface area contributed by atoms with Gasteiger partial charge in [0.15, 0.2) is 0 Å². The van der Waals surface area contributed by atoms with Crippen molar-refractivity contribution in [3.8, 4) is 28.6 Å². The largest absolute Gasteiger partial charge is 0.507 e. The first kappa shape index (κ1) is 15.7. The van der Waals surface area contributed by atoms with Crippen LogP contribution in [0.3, 0.4) is 0 Å². The molecule has 0 radical (unpaired) electrons. The van der Waals surface area contributed by atoms with Crippen LogP contribution in [0, 0.1) is 11.3 Å². The van der Waals surface area contributed by atoms with Crippen LogP contribution in [0.1, 0.15) is 15.9 Å². The lowest BCUT2D eigenvalue weighted by atomic mass is 10.1. The normalized spacial score (nSPS) is 10.3. The molecule has 24 heavy (non-hydrogen) atoms. The van der Waals surface area contributed by atoms with Gasteiger partial charge in [-0.1, -0.05) is 23.7 Å². The van der Waals surface area contributed by atoms with E-state index in [4.69, 9.17) is 16.7 Å². The van der Waals surface area contributed by atoms with Gasteiger partial charge in [-0.2, -0.15) is 5.26 Å². The van der Waals surface area contributed by atoms with Crippen LogP contribution >= 0.6 is 11.6 Å². The molecule has 0 bridgehead atoms. The lowest BCUT2D eigenvalue weighted by Crippen LogP contribution is -1.98. The number of aromatic nitrogens is 1.